The first kappa shape index (κ1) is 20.7. The molecule has 2 amide bonds. The molecule has 0 bridgehead atoms. The highest BCUT2D eigenvalue weighted by atomic mass is 32.1. The third kappa shape index (κ3) is 4.87. The van der Waals surface area contributed by atoms with E-state index >= 15 is 0 Å². The molecule has 1 aliphatic carbocycles. The maximum absolute atomic E-state index is 12.2. The molecule has 1 aliphatic rings. The fourth-order valence-electron chi connectivity index (χ4n) is 3.00. The third-order valence-electron chi connectivity index (χ3n) is 4.84. The summed E-state index contributed by atoms with van der Waals surface area (Å²) in [4.78, 5) is 26.9. The normalized spacial score (nSPS) is 15.8. The molecule has 0 saturated heterocycles. The van der Waals surface area contributed by atoms with E-state index in [0.717, 1.165) is 10.4 Å². The van der Waals surface area contributed by atoms with Gasteiger partial charge in [-0.3, -0.25) is 4.79 Å². The molecule has 0 fully saturated rings. The van der Waals surface area contributed by atoms with Crippen molar-refractivity contribution in [2.24, 2.45) is 0 Å². The van der Waals surface area contributed by atoms with Gasteiger partial charge in [-0.05, 0) is 50.5 Å². The Balaban J connectivity index is 1.69. The van der Waals surface area contributed by atoms with Crippen LogP contribution in [0.15, 0.2) is 28.9 Å². The van der Waals surface area contributed by atoms with Crippen molar-refractivity contribution in [3.8, 4) is 6.07 Å². The van der Waals surface area contributed by atoms with E-state index in [0.29, 0.717) is 35.6 Å². The Kier molecular flexibility index (Phi) is 6.39. The predicted molar refractivity (Wildman–Crippen MR) is 111 cm³/mol. The van der Waals surface area contributed by atoms with Crippen molar-refractivity contribution >= 4 is 34.4 Å². The van der Waals surface area contributed by atoms with Crippen molar-refractivity contribution < 1.29 is 18.7 Å². The molecule has 3 rings (SSSR count). The first-order valence-electron chi connectivity index (χ1n) is 9.39. The zero-order valence-corrected chi connectivity index (χ0v) is 17.4. The van der Waals surface area contributed by atoms with Crippen molar-refractivity contribution in [1.29, 1.82) is 5.26 Å². The van der Waals surface area contributed by atoms with Gasteiger partial charge in [-0.25, -0.2) is 4.79 Å². The van der Waals surface area contributed by atoms with Gasteiger partial charge in [0.05, 0.1) is 11.8 Å². The lowest BCUT2D eigenvalue weighted by Crippen LogP contribution is -2.37. The number of nitriles is 1. The molecular weight excluding hydrogens is 390 g/mol. The van der Waals surface area contributed by atoms with E-state index in [9.17, 15) is 14.9 Å². The highest BCUT2D eigenvalue weighted by Crippen LogP contribution is 2.38. The predicted octanol–water partition coefficient (Wildman–Crippen LogP) is 4.20. The fourth-order valence-corrected chi connectivity index (χ4v) is 4.26. The maximum atomic E-state index is 12.2. The van der Waals surface area contributed by atoms with Crippen LogP contribution < -0.4 is 5.32 Å². The number of furan rings is 1. The lowest BCUT2D eigenvalue weighted by Gasteiger charge is -2.27. The Hall–Kier alpha value is -3.05. The molecule has 1 unspecified atom stereocenters. The number of hydrogen-bond acceptors (Lipinski definition) is 6. The molecule has 152 valence electrons. The lowest BCUT2D eigenvalue weighted by molar-refractivity contribution is -0.111. The van der Waals surface area contributed by atoms with Crippen molar-refractivity contribution in [2.45, 2.75) is 45.3 Å². The molecule has 1 atom stereocenters. The van der Waals surface area contributed by atoms with Gasteiger partial charge in [0.2, 0.25) is 5.91 Å². The molecular formula is C21H23N3O4S. The van der Waals surface area contributed by atoms with Crippen LogP contribution in [-0.4, -0.2) is 36.1 Å². The quantitative estimate of drug-likeness (QED) is 0.741. The molecule has 0 aliphatic heterocycles. The second-order valence-electron chi connectivity index (χ2n) is 7.11. The lowest BCUT2D eigenvalue weighted by atomic mass is 9.94. The summed E-state index contributed by atoms with van der Waals surface area (Å²) in [5, 5.41) is 12.9. The van der Waals surface area contributed by atoms with Gasteiger partial charge >= 0.3 is 6.09 Å². The minimum Gasteiger partial charge on any atom is -0.465 e. The Labute approximate surface area is 173 Å². The van der Waals surface area contributed by atoms with Crippen LogP contribution in [0.5, 0.6) is 0 Å². The van der Waals surface area contributed by atoms with Gasteiger partial charge in [0.15, 0.2) is 0 Å². The van der Waals surface area contributed by atoms with E-state index in [1.807, 2.05) is 13.8 Å². The van der Waals surface area contributed by atoms with E-state index in [2.05, 4.69) is 11.4 Å². The van der Waals surface area contributed by atoms with Crippen LogP contribution in [0.2, 0.25) is 0 Å². The van der Waals surface area contributed by atoms with Crippen molar-refractivity contribution in [1.82, 2.24) is 4.90 Å². The third-order valence-corrected chi connectivity index (χ3v) is 6.01. The molecule has 2 aromatic heterocycles. The summed E-state index contributed by atoms with van der Waals surface area (Å²) in [6.07, 6.45) is 5.72. The Morgan fingerprint density at radius 3 is 2.93 bits per heavy atom. The number of carbonyl (C=O) groups is 2. The molecule has 2 heterocycles. The Bertz CT molecular complexity index is 953. The molecule has 7 nitrogen and oxygen atoms in total. The van der Waals surface area contributed by atoms with Crippen LogP contribution >= 0.6 is 11.3 Å². The topological polar surface area (TPSA) is 95.6 Å². The monoisotopic (exact) mass is 413 g/mol. The summed E-state index contributed by atoms with van der Waals surface area (Å²) in [5.74, 6) is 0.236. The van der Waals surface area contributed by atoms with Crippen LogP contribution in [0.25, 0.3) is 6.08 Å². The summed E-state index contributed by atoms with van der Waals surface area (Å²) in [7, 11) is 1.71. The largest absolute Gasteiger partial charge is 0.465 e. The molecule has 2 aromatic rings. The van der Waals surface area contributed by atoms with E-state index in [1.54, 1.807) is 30.2 Å². The first-order chi connectivity index (χ1) is 13.9. The molecule has 1 N–H and O–H groups in total. The number of amides is 2. The number of anilines is 1. The number of fused-ring (bicyclic) bond motifs is 1. The number of hydrogen-bond donors (Lipinski definition) is 1. The number of nitrogens with zero attached hydrogens (tertiary/aromatic N) is 2. The van der Waals surface area contributed by atoms with Crippen LogP contribution in [-0.2, 0) is 22.4 Å². The van der Waals surface area contributed by atoms with Gasteiger partial charge in [0, 0.05) is 30.5 Å². The number of rotatable bonds is 5. The van der Waals surface area contributed by atoms with Gasteiger partial charge in [0.1, 0.15) is 22.9 Å². The highest BCUT2D eigenvalue weighted by Gasteiger charge is 2.29. The molecule has 0 radical (unpaired) electrons. The molecule has 29 heavy (non-hydrogen) atoms. The number of nitrogens with one attached hydrogen (secondary N) is 1. The summed E-state index contributed by atoms with van der Waals surface area (Å²) in [6, 6.07) is 5.74. The standard InChI is InChI=1S/C21H23N3O4S/c1-13(2)24(3)21(26)28-15-6-8-16-17(12-22)20(29-18(16)11-15)23-19(25)9-7-14-5-4-10-27-14/h4-5,7,9-10,13,15H,6,8,11H2,1-3H3,(H,23,25)/b9-7+. The van der Waals surface area contributed by atoms with Gasteiger partial charge in [-0.2, -0.15) is 5.26 Å². The average molecular weight is 413 g/mol. The fraction of sp³-hybridized carbons (Fsp3) is 0.381. The van der Waals surface area contributed by atoms with Gasteiger partial charge in [-0.1, -0.05) is 0 Å². The molecule has 8 heteroatoms. The van der Waals surface area contributed by atoms with Crippen LogP contribution in [0.4, 0.5) is 9.80 Å². The minimum absolute atomic E-state index is 0.0598. The van der Waals surface area contributed by atoms with E-state index in [-0.39, 0.29) is 24.1 Å². The average Bonchev–Trinajstić information content (AvgIpc) is 3.32. The Morgan fingerprint density at radius 2 is 2.28 bits per heavy atom. The second-order valence-corrected chi connectivity index (χ2v) is 8.22. The number of ether oxygens (including phenoxy) is 1. The summed E-state index contributed by atoms with van der Waals surface area (Å²) >= 11 is 1.37. The van der Waals surface area contributed by atoms with Gasteiger partial charge in [0.25, 0.3) is 0 Å². The molecule has 0 spiro atoms. The van der Waals surface area contributed by atoms with E-state index in [1.165, 1.54) is 23.7 Å². The minimum atomic E-state index is -0.345. The van der Waals surface area contributed by atoms with Crippen LogP contribution in [0, 0.1) is 11.3 Å². The number of thiophene rings is 1. The van der Waals surface area contributed by atoms with Crippen molar-refractivity contribution in [2.75, 3.05) is 12.4 Å². The van der Waals surface area contributed by atoms with E-state index < -0.39 is 0 Å². The second kappa shape index (κ2) is 8.97. The number of carbonyl (C=O) groups excluding carboxylic acids is 2. The van der Waals surface area contributed by atoms with Gasteiger partial charge in [-0.15, -0.1) is 11.3 Å². The van der Waals surface area contributed by atoms with E-state index in [4.69, 9.17) is 9.15 Å². The molecule has 0 aromatic carbocycles. The summed E-state index contributed by atoms with van der Waals surface area (Å²) in [5.41, 5.74) is 1.43. The van der Waals surface area contributed by atoms with Gasteiger partial charge < -0.3 is 19.4 Å². The first-order valence-corrected chi connectivity index (χ1v) is 10.2. The zero-order chi connectivity index (χ0) is 21.0. The van der Waals surface area contributed by atoms with Crippen molar-refractivity contribution in [3.05, 3.63) is 46.2 Å². The van der Waals surface area contributed by atoms with Crippen LogP contribution in [0.1, 0.15) is 42.0 Å². The maximum Gasteiger partial charge on any atom is 0.410 e. The summed E-state index contributed by atoms with van der Waals surface area (Å²) in [6.45, 7) is 3.85. The van der Waals surface area contributed by atoms with Crippen LogP contribution in [0.3, 0.4) is 0 Å². The Morgan fingerprint density at radius 1 is 1.48 bits per heavy atom. The summed E-state index contributed by atoms with van der Waals surface area (Å²) < 4.78 is 10.8. The van der Waals surface area contributed by atoms with Crippen molar-refractivity contribution in [3.63, 3.8) is 0 Å². The smallest absolute Gasteiger partial charge is 0.410 e. The SMILES string of the molecule is CC(C)N(C)C(=O)OC1CCc2c(sc(NC(=O)/C=C/c3ccco3)c2C#N)C1. The highest BCUT2D eigenvalue weighted by molar-refractivity contribution is 7.16. The molecule has 0 saturated carbocycles. The zero-order valence-electron chi connectivity index (χ0n) is 16.6.